The molecule has 1 fully saturated rings. The van der Waals surface area contributed by atoms with Gasteiger partial charge in [-0.25, -0.2) is 0 Å². The van der Waals surface area contributed by atoms with Crippen molar-refractivity contribution in [2.24, 2.45) is 17.8 Å². The molecule has 0 radical (unpaired) electrons. The average Bonchev–Trinajstić information content (AvgIpc) is 2.56. The summed E-state index contributed by atoms with van der Waals surface area (Å²) < 4.78 is 4.85. The van der Waals surface area contributed by atoms with Crippen molar-refractivity contribution in [3.63, 3.8) is 0 Å². The van der Waals surface area contributed by atoms with Gasteiger partial charge in [-0.05, 0) is 24.7 Å². The summed E-state index contributed by atoms with van der Waals surface area (Å²) in [6, 6.07) is 0. The summed E-state index contributed by atoms with van der Waals surface area (Å²) in [5.41, 5.74) is 0. The van der Waals surface area contributed by atoms with E-state index in [1.165, 1.54) is 32.8 Å². The lowest BCUT2D eigenvalue weighted by Gasteiger charge is -2.24. The molecule has 0 bridgehead atoms. The van der Waals surface area contributed by atoms with E-state index in [4.69, 9.17) is 4.74 Å². The summed E-state index contributed by atoms with van der Waals surface area (Å²) >= 11 is 0. The van der Waals surface area contributed by atoms with Gasteiger partial charge < -0.3 is 4.74 Å². The minimum Gasteiger partial charge on any atom is -0.469 e. The number of ether oxygens (including phenoxy) is 1. The molecule has 2 nitrogen and oxygen atoms in total. The first kappa shape index (κ1) is 10.6. The molecule has 1 rings (SSSR count). The second-order valence-corrected chi connectivity index (χ2v) is 4.34. The molecule has 0 aromatic rings. The molecule has 0 saturated heterocycles. The third-order valence-corrected chi connectivity index (χ3v) is 3.10. The fraction of sp³-hybridized carbons (Fsp3) is 0.909. The van der Waals surface area contributed by atoms with E-state index >= 15 is 0 Å². The molecule has 1 unspecified atom stereocenters. The van der Waals surface area contributed by atoms with Gasteiger partial charge in [0.1, 0.15) is 0 Å². The van der Waals surface area contributed by atoms with Gasteiger partial charge in [0, 0.05) is 0 Å². The Kier molecular flexibility index (Phi) is 3.76. The van der Waals surface area contributed by atoms with Crippen LogP contribution in [0.5, 0.6) is 0 Å². The van der Waals surface area contributed by atoms with Gasteiger partial charge in [-0.1, -0.05) is 26.7 Å². The van der Waals surface area contributed by atoms with Crippen LogP contribution in [0, 0.1) is 17.8 Å². The number of carbonyl (C=O) groups excluding carboxylic acids is 1. The Hall–Kier alpha value is -0.530. The van der Waals surface area contributed by atoms with Crippen molar-refractivity contribution in [3.05, 3.63) is 0 Å². The van der Waals surface area contributed by atoms with Gasteiger partial charge in [0.2, 0.25) is 0 Å². The van der Waals surface area contributed by atoms with E-state index in [9.17, 15) is 4.79 Å². The van der Waals surface area contributed by atoms with E-state index < -0.39 is 0 Å². The second kappa shape index (κ2) is 4.64. The van der Waals surface area contributed by atoms with Crippen LogP contribution in [0.15, 0.2) is 0 Å². The molecule has 0 aliphatic heterocycles. The molecule has 1 atom stereocenters. The van der Waals surface area contributed by atoms with Crippen LogP contribution in [0.4, 0.5) is 0 Å². The molecular weight excluding hydrogens is 164 g/mol. The average molecular weight is 184 g/mol. The smallest absolute Gasteiger partial charge is 0.309 e. The van der Waals surface area contributed by atoms with Crippen molar-refractivity contribution in [1.82, 2.24) is 0 Å². The number of rotatable bonds is 3. The minimum atomic E-state index is -0.0121. The maximum Gasteiger partial charge on any atom is 0.309 e. The number of hydrogen-bond acceptors (Lipinski definition) is 2. The van der Waals surface area contributed by atoms with Crippen LogP contribution in [0.2, 0.25) is 0 Å². The Labute approximate surface area is 80.7 Å². The molecular formula is C11H20O2. The fourth-order valence-electron chi connectivity index (χ4n) is 2.46. The van der Waals surface area contributed by atoms with Crippen molar-refractivity contribution in [2.75, 3.05) is 7.11 Å². The van der Waals surface area contributed by atoms with Crippen LogP contribution in [-0.2, 0) is 9.53 Å². The van der Waals surface area contributed by atoms with Gasteiger partial charge in [0.25, 0.3) is 0 Å². The first-order chi connectivity index (χ1) is 6.16. The predicted octanol–water partition coefficient (Wildman–Crippen LogP) is 2.62. The highest BCUT2D eigenvalue weighted by Gasteiger charge is 2.33. The highest BCUT2D eigenvalue weighted by Crippen LogP contribution is 2.35. The van der Waals surface area contributed by atoms with Gasteiger partial charge in [-0.2, -0.15) is 0 Å². The number of methoxy groups -OCH3 is 1. The summed E-state index contributed by atoms with van der Waals surface area (Å²) in [5, 5.41) is 0. The van der Waals surface area contributed by atoms with Crippen molar-refractivity contribution in [1.29, 1.82) is 0 Å². The zero-order chi connectivity index (χ0) is 9.84. The highest BCUT2D eigenvalue weighted by molar-refractivity contribution is 5.72. The molecule has 0 aromatic heterocycles. The quantitative estimate of drug-likeness (QED) is 0.630. The molecule has 0 N–H and O–H groups in total. The van der Waals surface area contributed by atoms with E-state index in [2.05, 4.69) is 13.8 Å². The Balaban J connectivity index is 2.60. The topological polar surface area (TPSA) is 26.3 Å². The molecule has 13 heavy (non-hydrogen) atoms. The normalized spacial score (nSPS) is 20.6. The highest BCUT2D eigenvalue weighted by atomic mass is 16.5. The van der Waals surface area contributed by atoms with Gasteiger partial charge in [-0.15, -0.1) is 0 Å². The lowest BCUT2D eigenvalue weighted by Crippen LogP contribution is -2.28. The van der Waals surface area contributed by atoms with Crippen LogP contribution in [0.1, 0.15) is 39.5 Å². The predicted molar refractivity (Wildman–Crippen MR) is 52.3 cm³/mol. The summed E-state index contributed by atoms with van der Waals surface area (Å²) in [6.45, 7) is 4.22. The Morgan fingerprint density at radius 1 is 1.31 bits per heavy atom. The molecule has 0 spiro atoms. The van der Waals surface area contributed by atoms with E-state index in [1.807, 2.05) is 0 Å². The first-order valence-electron chi connectivity index (χ1n) is 5.24. The maximum atomic E-state index is 11.5. The molecule has 76 valence electrons. The standard InChI is InChI=1S/C11H20O2/c1-8(2)10(11(12)13-3)9-6-4-5-7-9/h8-10H,4-7H2,1-3H3. The van der Waals surface area contributed by atoms with E-state index in [0.717, 1.165) is 0 Å². The Bertz CT molecular complexity index is 169. The summed E-state index contributed by atoms with van der Waals surface area (Å²) in [4.78, 5) is 11.5. The fourth-order valence-corrected chi connectivity index (χ4v) is 2.46. The van der Waals surface area contributed by atoms with E-state index in [-0.39, 0.29) is 11.9 Å². The minimum absolute atomic E-state index is 0.0121. The van der Waals surface area contributed by atoms with Gasteiger partial charge in [0.05, 0.1) is 13.0 Å². The molecule has 0 amide bonds. The monoisotopic (exact) mass is 184 g/mol. The molecule has 2 heteroatoms. The van der Waals surface area contributed by atoms with E-state index in [0.29, 0.717) is 11.8 Å². The van der Waals surface area contributed by atoms with Crippen LogP contribution in [0.25, 0.3) is 0 Å². The summed E-state index contributed by atoms with van der Waals surface area (Å²) in [6.07, 6.45) is 4.98. The third kappa shape index (κ3) is 2.45. The summed E-state index contributed by atoms with van der Waals surface area (Å²) in [5.74, 6) is 1.11. The van der Waals surface area contributed by atoms with Gasteiger partial charge in [0.15, 0.2) is 0 Å². The molecule has 1 aliphatic rings. The van der Waals surface area contributed by atoms with Crippen LogP contribution in [0.3, 0.4) is 0 Å². The van der Waals surface area contributed by atoms with Crippen molar-refractivity contribution in [2.45, 2.75) is 39.5 Å². The zero-order valence-corrected chi connectivity index (χ0v) is 8.88. The van der Waals surface area contributed by atoms with Crippen molar-refractivity contribution in [3.8, 4) is 0 Å². The second-order valence-electron chi connectivity index (χ2n) is 4.34. The molecule has 0 heterocycles. The van der Waals surface area contributed by atoms with Crippen LogP contribution in [-0.4, -0.2) is 13.1 Å². The first-order valence-corrected chi connectivity index (χ1v) is 5.24. The van der Waals surface area contributed by atoms with Crippen molar-refractivity contribution < 1.29 is 9.53 Å². The summed E-state index contributed by atoms with van der Waals surface area (Å²) in [7, 11) is 1.49. The zero-order valence-electron chi connectivity index (χ0n) is 8.88. The Morgan fingerprint density at radius 2 is 1.85 bits per heavy atom. The lowest BCUT2D eigenvalue weighted by molar-refractivity contribution is -0.149. The van der Waals surface area contributed by atoms with Crippen LogP contribution >= 0.6 is 0 Å². The number of carbonyl (C=O) groups is 1. The van der Waals surface area contributed by atoms with E-state index in [1.54, 1.807) is 0 Å². The van der Waals surface area contributed by atoms with Gasteiger partial charge >= 0.3 is 5.97 Å². The largest absolute Gasteiger partial charge is 0.469 e. The molecule has 1 aliphatic carbocycles. The maximum absolute atomic E-state index is 11.5. The van der Waals surface area contributed by atoms with Crippen LogP contribution < -0.4 is 0 Å². The number of hydrogen-bond donors (Lipinski definition) is 0. The van der Waals surface area contributed by atoms with Gasteiger partial charge in [-0.3, -0.25) is 4.79 Å². The van der Waals surface area contributed by atoms with Crippen molar-refractivity contribution >= 4 is 5.97 Å². The molecule has 1 saturated carbocycles. The molecule has 0 aromatic carbocycles. The Morgan fingerprint density at radius 3 is 2.23 bits per heavy atom. The SMILES string of the molecule is COC(=O)C(C(C)C)C1CCCC1. The third-order valence-electron chi connectivity index (χ3n) is 3.10. The lowest BCUT2D eigenvalue weighted by atomic mass is 9.82. The number of esters is 1.